The van der Waals surface area contributed by atoms with E-state index in [2.05, 4.69) is 10.3 Å². The monoisotopic (exact) mass is 421 g/mol. The molecule has 2 aromatic carbocycles. The van der Waals surface area contributed by atoms with Crippen molar-refractivity contribution < 1.29 is 21.6 Å². The van der Waals surface area contributed by atoms with Crippen LogP contribution < -0.4 is 9.62 Å². The zero-order valence-electron chi connectivity index (χ0n) is 15.4. The standard InChI is InChI=1S/C20H18F3N3O2S/c1-2-26(15-8-4-3-5-9-15)29(27,28)16-12-13-19(24-14-16)25-18-11-7-6-10-17(18)20(21,22)23/h3-14H,2H2,1H3,(H,24,25). The van der Waals surface area contributed by atoms with Crippen LogP contribution in [0.5, 0.6) is 0 Å². The van der Waals surface area contributed by atoms with E-state index < -0.39 is 21.8 Å². The predicted octanol–water partition coefficient (Wildman–Crippen LogP) is 5.06. The molecule has 0 aliphatic carbocycles. The summed E-state index contributed by atoms with van der Waals surface area (Å²) in [4.78, 5) is 3.93. The number of anilines is 3. The van der Waals surface area contributed by atoms with Gasteiger partial charge in [-0.05, 0) is 43.3 Å². The van der Waals surface area contributed by atoms with Crippen LogP contribution in [-0.2, 0) is 16.2 Å². The second-order valence-corrected chi connectivity index (χ2v) is 7.92. The molecule has 3 rings (SSSR count). The van der Waals surface area contributed by atoms with Gasteiger partial charge in [0.2, 0.25) is 0 Å². The summed E-state index contributed by atoms with van der Waals surface area (Å²) in [6.07, 6.45) is -3.40. The zero-order valence-corrected chi connectivity index (χ0v) is 16.2. The molecule has 1 aromatic heterocycles. The topological polar surface area (TPSA) is 62.3 Å². The highest BCUT2D eigenvalue weighted by Crippen LogP contribution is 2.35. The van der Waals surface area contributed by atoms with E-state index in [1.54, 1.807) is 37.3 Å². The lowest BCUT2D eigenvalue weighted by Gasteiger charge is -2.22. The summed E-state index contributed by atoms with van der Waals surface area (Å²) in [5.41, 5.74) is -0.487. The second kappa shape index (κ2) is 8.12. The van der Waals surface area contributed by atoms with E-state index in [1.807, 2.05) is 0 Å². The fourth-order valence-electron chi connectivity index (χ4n) is 2.80. The summed E-state index contributed by atoms with van der Waals surface area (Å²) in [5, 5.41) is 2.59. The van der Waals surface area contributed by atoms with Gasteiger partial charge in [0.1, 0.15) is 10.7 Å². The average Bonchev–Trinajstić information content (AvgIpc) is 2.69. The van der Waals surface area contributed by atoms with Crippen LogP contribution in [0.1, 0.15) is 12.5 Å². The molecule has 0 aliphatic rings. The molecule has 5 nitrogen and oxygen atoms in total. The number of alkyl halides is 3. The second-order valence-electron chi connectivity index (χ2n) is 6.05. The number of nitrogens with zero attached hydrogens (tertiary/aromatic N) is 2. The summed E-state index contributed by atoms with van der Waals surface area (Å²) in [7, 11) is -3.86. The molecule has 0 amide bonds. The molecule has 9 heteroatoms. The first kappa shape index (κ1) is 20.7. The number of hydrogen-bond donors (Lipinski definition) is 1. The summed E-state index contributed by atoms with van der Waals surface area (Å²) < 4.78 is 66.4. The van der Waals surface area contributed by atoms with Crippen molar-refractivity contribution >= 4 is 27.2 Å². The molecule has 0 atom stereocenters. The van der Waals surface area contributed by atoms with Crippen LogP contribution in [-0.4, -0.2) is 19.9 Å². The molecule has 1 N–H and O–H groups in total. The van der Waals surface area contributed by atoms with Gasteiger partial charge in [-0.15, -0.1) is 0 Å². The van der Waals surface area contributed by atoms with Crippen LogP contribution in [0.3, 0.4) is 0 Å². The molecule has 0 saturated carbocycles. The first-order chi connectivity index (χ1) is 13.7. The van der Waals surface area contributed by atoms with E-state index in [4.69, 9.17) is 0 Å². The summed E-state index contributed by atoms with van der Waals surface area (Å²) in [6.45, 7) is 1.92. The first-order valence-electron chi connectivity index (χ1n) is 8.70. The minimum absolute atomic E-state index is 0.0575. The molecule has 29 heavy (non-hydrogen) atoms. The van der Waals surface area contributed by atoms with Gasteiger partial charge in [-0.1, -0.05) is 30.3 Å². The Morgan fingerprint density at radius 2 is 1.62 bits per heavy atom. The third kappa shape index (κ3) is 4.51. The lowest BCUT2D eigenvalue weighted by atomic mass is 10.1. The maximum absolute atomic E-state index is 13.1. The van der Waals surface area contributed by atoms with Crippen molar-refractivity contribution in [2.45, 2.75) is 18.0 Å². The normalized spacial score (nSPS) is 11.9. The third-order valence-corrected chi connectivity index (χ3v) is 6.04. The van der Waals surface area contributed by atoms with Crippen molar-refractivity contribution in [2.24, 2.45) is 0 Å². The lowest BCUT2D eigenvalue weighted by Crippen LogP contribution is -2.30. The van der Waals surface area contributed by atoms with Crippen molar-refractivity contribution in [3.05, 3.63) is 78.5 Å². The Morgan fingerprint density at radius 3 is 2.21 bits per heavy atom. The van der Waals surface area contributed by atoms with Gasteiger partial charge in [0, 0.05) is 12.7 Å². The van der Waals surface area contributed by atoms with Crippen LogP contribution in [0.2, 0.25) is 0 Å². The van der Waals surface area contributed by atoms with Gasteiger partial charge in [-0.3, -0.25) is 4.31 Å². The van der Waals surface area contributed by atoms with Crippen molar-refractivity contribution in [3.8, 4) is 0 Å². The number of halogens is 3. The number of hydrogen-bond acceptors (Lipinski definition) is 4. The van der Waals surface area contributed by atoms with Gasteiger partial charge in [0.05, 0.1) is 16.9 Å². The van der Waals surface area contributed by atoms with Gasteiger partial charge in [-0.2, -0.15) is 13.2 Å². The number of aromatic nitrogens is 1. The fourth-order valence-corrected chi connectivity index (χ4v) is 4.22. The minimum Gasteiger partial charge on any atom is -0.340 e. The maximum Gasteiger partial charge on any atom is 0.418 e. The largest absolute Gasteiger partial charge is 0.418 e. The Kier molecular flexibility index (Phi) is 5.78. The van der Waals surface area contributed by atoms with Crippen LogP contribution in [0.15, 0.2) is 77.8 Å². The molecule has 3 aromatic rings. The van der Waals surface area contributed by atoms with E-state index in [9.17, 15) is 21.6 Å². The Bertz CT molecular complexity index is 1070. The quantitative estimate of drug-likeness (QED) is 0.604. The van der Waals surface area contributed by atoms with Crippen LogP contribution in [0.25, 0.3) is 0 Å². The molecule has 0 aliphatic heterocycles. The summed E-state index contributed by atoms with van der Waals surface area (Å²) >= 11 is 0. The molecule has 152 valence electrons. The van der Waals surface area contributed by atoms with Crippen molar-refractivity contribution in [1.82, 2.24) is 4.98 Å². The summed E-state index contributed by atoms with van der Waals surface area (Å²) in [6, 6.07) is 16.2. The smallest absolute Gasteiger partial charge is 0.340 e. The van der Waals surface area contributed by atoms with Gasteiger partial charge in [-0.25, -0.2) is 13.4 Å². The van der Waals surface area contributed by atoms with E-state index in [1.165, 1.54) is 34.6 Å². The van der Waals surface area contributed by atoms with Crippen molar-refractivity contribution in [3.63, 3.8) is 0 Å². The lowest BCUT2D eigenvalue weighted by molar-refractivity contribution is -0.136. The number of nitrogens with one attached hydrogen (secondary N) is 1. The Hall–Kier alpha value is -3.07. The van der Waals surface area contributed by atoms with Gasteiger partial charge in [0.25, 0.3) is 10.0 Å². The third-order valence-electron chi connectivity index (χ3n) is 4.15. The van der Waals surface area contributed by atoms with Crippen LogP contribution in [0, 0.1) is 0 Å². The highest BCUT2D eigenvalue weighted by molar-refractivity contribution is 7.92. The predicted molar refractivity (Wildman–Crippen MR) is 106 cm³/mol. The van der Waals surface area contributed by atoms with Crippen molar-refractivity contribution in [2.75, 3.05) is 16.2 Å². The molecule has 1 heterocycles. The molecule has 0 unspecified atom stereocenters. The molecular weight excluding hydrogens is 403 g/mol. The molecule has 0 fully saturated rings. The highest BCUT2D eigenvalue weighted by atomic mass is 32.2. The molecule has 0 saturated heterocycles. The van der Waals surface area contributed by atoms with Gasteiger partial charge < -0.3 is 5.32 Å². The SMILES string of the molecule is CCN(c1ccccc1)S(=O)(=O)c1ccc(Nc2ccccc2C(F)(F)F)nc1. The highest BCUT2D eigenvalue weighted by Gasteiger charge is 2.33. The Morgan fingerprint density at radius 1 is 0.966 bits per heavy atom. The molecule has 0 bridgehead atoms. The fraction of sp³-hybridized carbons (Fsp3) is 0.150. The van der Waals surface area contributed by atoms with E-state index in [-0.39, 0.29) is 22.9 Å². The Labute approximate surface area is 166 Å². The number of para-hydroxylation sites is 2. The average molecular weight is 421 g/mol. The molecule has 0 radical (unpaired) electrons. The number of benzene rings is 2. The number of rotatable bonds is 6. The van der Waals surface area contributed by atoms with E-state index in [0.717, 1.165) is 12.3 Å². The van der Waals surface area contributed by atoms with Gasteiger partial charge >= 0.3 is 6.18 Å². The number of pyridine rings is 1. The van der Waals surface area contributed by atoms with Crippen LogP contribution >= 0.6 is 0 Å². The Balaban J connectivity index is 1.87. The zero-order chi connectivity index (χ0) is 21.1. The first-order valence-corrected chi connectivity index (χ1v) is 10.1. The molecular formula is C20H18F3N3O2S. The molecule has 0 spiro atoms. The van der Waals surface area contributed by atoms with Crippen LogP contribution in [0.4, 0.5) is 30.4 Å². The maximum atomic E-state index is 13.1. The minimum atomic E-state index is -4.52. The van der Waals surface area contributed by atoms with Crippen molar-refractivity contribution in [1.29, 1.82) is 0 Å². The van der Waals surface area contributed by atoms with E-state index in [0.29, 0.717) is 5.69 Å². The summed E-state index contributed by atoms with van der Waals surface area (Å²) in [5.74, 6) is 0.100. The number of sulfonamides is 1. The van der Waals surface area contributed by atoms with Gasteiger partial charge in [0.15, 0.2) is 0 Å². The van der Waals surface area contributed by atoms with E-state index >= 15 is 0 Å².